The maximum absolute atomic E-state index is 10.0. The van der Waals surface area contributed by atoms with Crippen LogP contribution in [-0.2, 0) is 4.73 Å². The van der Waals surface area contributed by atoms with Crippen LogP contribution in [0.15, 0.2) is 0 Å². The van der Waals surface area contributed by atoms with Crippen LogP contribution in [0.2, 0.25) is 0 Å². The van der Waals surface area contributed by atoms with E-state index >= 15 is 0 Å². The van der Waals surface area contributed by atoms with Gasteiger partial charge in [0.25, 0.3) is 0 Å². The maximum atomic E-state index is 10.0. The van der Waals surface area contributed by atoms with Crippen molar-refractivity contribution >= 4 is 72.7 Å². The molecule has 0 aromatic rings. The van der Waals surface area contributed by atoms with Gasteiger partial charge in [-0.2, -0.15) is 0 Å². The summed E-state index contributed by atoms with van der Waals surface area (Å²) >= 11 is 0. The van der Waals surface area contributed by atoms with Crippen molar-refractivity contribution in [1.29, 1.82) is 0 Å². The van der Waals surface area contributed by atoms with E-state index in [9.17, 15) is 4.53 Å². The average Bonchev–Trinajstić information content (AvgIpc) is 1.61. The second-order valence-electron chi connectivity index (χ2n) is 0.793. The van der Waals surface area contributed by atoms with Crippen LogP contribution in [0.25, 0.3) is 0 Å². The summed E-state index contributed by atoms with van der Waals surface area (Å²) in [4.78, 5) is 51.9. The zero-order valence-electron chi connectivity index (χ0n) is 6.47. The van der Waals surface area contributed by atoms with E-state index in [0.29, 0.717) is 0 Å². The van der Waals surface area contributed by atoms with Gasteiger partial charge in [0.05, 0.1) is 0 Å². The molecule has 0 amide bonds. The van der Waals surface area contributed by atoms with E-state index in [-0.39, 0.29) is 84.7 Å². The Bertz CT molecular complexity index is 77.4. The van der Waals surface area contributed by atoms with Gasteiger partial charge in [-0.3, -0.25) is 0 Å². The predicted molar refractivity (Wildman–Crippen MR) is 26.4 cm³/mol. The van der Waals surface area contributed by atoms with Crippen LogP contribution in [-0.4, -0.2) is 64.1 Å². The largest absolute Gasteiger partial charge is 3.00 e. The Morgan fingerprint density at radius 3 is 1.15 bits per heavy atom. The van der Waals surface area contributed by atoms with Gasteiger partial charge in [0.15, 0.2) is 0 Å². The number of halogens is 1. The molecule has 13 heavy (non-hydrogen) atoms. The number of hydrogen-bond donors (Lipinski definition) is 0. The van der Waals surface area contributed by atoms with Gasteiger partial charge in [0.2, 0.25) is 0 Å². The molecule has 0 aliphatic carbocycles. The topological polar surface area (TPSA) is 148 Å². The summed E-state index contributed by atoms with van der Waals surface area (Å²) in [5.74, 6) is 0. The molecule has 13 heteroatoms. The Labute approximate surface area is 138 Å². The van der Waals surface area contributed by atoms with Crippen molar-refractivity contribution in [3.05, 3.63) is 0 Å². The van der Waals surface area contributed by atoms with Crippen LogP contribution in [0, 0.1) is 0 Å². The predicted octanol–water partition coefficient (Wildman–Crippen LogP) is -10.1. The van der Waals surface area contributed by atoms with Crippen molar-refractivity contribution < 1.29 is 67.8 Å². The first-order chi connectivity index (χ1) is 4.27. The zero-order valence-corrected chi connectivity index (χ0v) is 13.7. The Hall–Kier alpha value is 3.09. The van der Waals surface area contributed by atoms with Crippen LogP contribution < -0.4 is 58.5 Å². The van der Waals surface area contributed by atoms with Crippen molar-refractivity contribution in [3.63, 3.8) is 0 Å². The van der Waals surface area contributed by atoms with Gasteiger partial charge in [-0.15, -0.1) is 8.60 Å². The molecule has 0 radical (unpaired) electrons. The molecule has 0 heterocycles. The fourth-order valence-electron chi connectivity index (χ4n) is 0. The summed E-state index contributed by atoms with van der Waals surface area (Å²) in [6.07, 6.45) is 0. The van der Waals surface area contributed by atoms with Gasteiger partial charge >= 0.3 is 84.7 Å². The fourth-order valence-corrected chi connectivity index (χ4v) is 0. The Balaban J connectivity index is -0.0000000267. The SMILES string of the molecule is [Al+3].[Ca+2].[Na+].[O-]P([O-])OF.[O-][Si]([O-])([O-])[O-]. The van der Waals surface area contributed by atoms with Crippen LogP contribution in [0.4, 0.5) is 4.53 Å². The van der Waals surface area contributed by atoms with Crippen LogP contribution in [0.1, 0.15) is 0 Å². The molecule has 0 spiro atoms. The standard InChI is InChI=1S/Al.Ca.FO3P.Na.O4Si/c;;1-4-5(2)3;;1-5(2,3)4/q+3;+2;-2;+1;-4. The smallest absolute Gasteiger partial charge is 0.894 e. The molecule has 7 nitrogen and oxygen atoms in total. The van der Waals surface area contributed by atoms with Crippen molar-refractivity contribution in [2.24, 2.45) is 0 Å². The third-order valence-corrected chi connectivity index (χ3v) is 0.169. The molecule has 0 aromatic heterocycles. The number of rotatable bonds is 1. The molecule has 0 rings (SSSR count). The fraction of sp³-hybridized carbons (Fsp3) is 0. The summed E-state index contributed by atoms with van der Waals surface area (Å²) in [6, 6.07) is 0. The minimum absolute atomic E-state index is 0. The molecule has 0 N–H and O–H groups in total. The molecule has 0 atom stereocenters. The molecule has 0 bridgehead atoms. The molecule has 0 saturated heterocycles. The van der Waals surface area contributed by atoms with E-state index in [2.05, 4.69) is 4.73 Å². The molecule has 0 aromatic carbocycles. The van der Waals surface area contributed by atoms with Crippen molar-refractivity contribution in [2.75, 3.05) is 0 Å². The monoisotopic (exact) mass is 280 g/mol. The van der Waals surface area contributed by atoms with Crippen molar-refractivity contribution in [2.45, 2.75) is 0 Å². The van der Waals surface area contributed by atoms with E-state index in [1.54, 1.807) is 0 Å². The molecule has 0 unspecified atom stereocenters. The molecule has 0 fully saturated rings. The van der Waals surface area contributed by atoms with Crippen molar-refractivity contribution in [1.82, 2.24) is 0 Å². The second-order valence-corrected chi connectivity index (χ2v) is 2.38. The quantitative estimate of drug-likeness (QED) is 0.342. The van der Waals surface area contributed by atoms with Crippen LogP contribution >= 0.6 is 8.60 Å². The second kappa shape index (κ2) is 17.5. The Morgan fingerprint density at radius 2 is 1.15 bits per heavy atom. The van der Waals surface area contributed by atoms with E-state index in [0.717, 1.165) is 0 Å². The molecule has 0 saturated carbocycles. The minimum atomic E-state index is -5.61. The minimum Gasteiger partial charge on any atom is -0.894 e. The molecular weight excluding hydrogens is 280 g/mol. The van der Waals surface area contributed by atoms with Gasteiger partial charge in [-0.25, -0.2) is 4.73 Å². The van der Waals surface area contributed by atoms with Gasteiger partial charge in [-0.1, -0.05) is 0 Å². The first kappa shape index (κ1) is 29.8. The first-order valence-electron chi connectivity index (χ1n) is 1.52. The van der Waals surface area contributed by atoms with Crippen molar-refractivity contribution in [3.8, 4) is 0 Å². The summed E-state index contributed by atoms with van der Waals surface area (Å²) in [6.45, 7) is 0. The van der Waals surface area contributed by atoms with E-state index in [1.807, 2.05) is 0 Å². The van der Waals surface area contributed by atoms with Crippen LogP contribution in [0.5, 0.6) is 0 Å². The summed E-state index contributed by atoms with van der Waals surface area (Å²) < 4.78 is 12.2. The van der Waals surface area contributed by atoms with E-state index < -0.39 is 17.7 Å². The molecule has 0 aliphatic heterocycles. The van der Waals surface area contributed by atoms with Gasteiger partial charge in [-0.05, 0) is 4.53 Å². The van der Waals surface area contributed by atoms with E-state index in [1.165, 1.54) is 0 Å². The summed E-state index contributed by atoms with van der Waals surface area (Å²) in [7, 11) is -8.88. The number of hydrogen-bond acceptors (Lipinski definition) is 7. The normalized spacial score (nSPS) is 8.31. The molecular formula is AlCaFNaO7PSi. The Morgan fingerprint density at radius 1 is 1.08 bits per heavy atom. The summed E-state index contributed by atoms with van der Waals surface area (Å²) in [5.41, 5.74) is 0. The maximum Gasteiger partial charge on any atom is 3.00 e. The average molecular weight is 280 g/mol. The molecule has 0 aliphatic rings. The van der Waals surface area contributed by atoms with Gasteiger partial charge in [0.1, 0.15) is 0 Å². The molecule has 64 valence electrons. The first-order valence-corrected chi connectivity index (χ1v) is 4.25. The van der Waals surface area contributed by atoms with Gasteiger partial charge < -0.3 is 38.0 Å². The third kappa shape index (κ3) is 99.8. The van der Waals surface area contributed by atoms with Gasteiger partial charge in [0, 0.05) is 0 Å². The van der Waals surface area contributed by atoms with E-state index in [4.69, 9.17) is 29.0 Å². The zero-order chi connectivity index (χ0) is 8.78. The third-order valence-electron chi connectivity index (χ3n) is 0.0563. The van der Waals surface area contributed by atoms with Crippen LogP contribution in [0.3, 0.4) is 0 Å². The summed E-state index contributed by atoms with van der Waals surface area (Å²) in [5, 5.41) is 0. The Kier molecular flexibility index (Phi) is 40.1.